The van der Waals surface area contributed by atoms with Crippen molar-refractivity contribution in [2.45, 2.75) is 11.2 Å². The van der Waals surface area contributed by atoms with Crippen LogP contribution in [0.25, 0.3) is 0 Å². The van der Waals surface area contributed by atoms with E-state index in [4.69, 9.17) is 28.4 Å². The maximum Gasteiger partial charge on any atom is 0.378 e. The van der Waals surface area contributed by atoms with E-state index < -0.39 is 23.1 Å². The first-order chi connectivity index (χ1) is 15.5. The third-order valence-corrected chi connectivity index (χ3v) is 5.59. The van der Waals surface area contributed by atoms with Crippen molar-refractivity contribution in [3.8, 4) is 0 Å². The Hall–Kier alpha value is -3.94. The fourth-order valence-corrected chi connectivity index (χ4v) is 4.39. The first-order valence-corrected chi connectivity index (χ1v) is 9.75. The Balaban J connectivity index is 2.20. The van der Waals surface area contributed by atoms with Gasteiger partial charge in [0.15, 0.2) is 11.5 Å². The standard InChI is InChI=1S/C24H22O8/c1-27-17-19(29-3)23(31-21(17)25,15-11-7-5-8-12-15)24(16-13-9-6-10-14-16)20(30-4)18(28-2)22(26)32-24/h5-14H,1-4H3/t23-,24+. The number of esters is 2. The van der Waals surface area contributed by atoms with Crippen LogP contribution < -0.4 is 0 Å². The Morgan fingerprint density at radius 2 is 0.906 bits per heavy atom. The number of carbonyl (C=O) groups is 2. The molecule has 0 unspecified atom stereocenters. The van der Waals surface area contributed by atoms with Crippen LogP contribution in [-0.2, 0) is 49.2 Å². The average molecular weight is 438 g/mol. The molecule has 0 N–H and O–H groups in total. The summed E-state index contributed by atoms with van der Waals surface area (Å²) >= 11 is 0. The second-order valence-electron chi connectivity index (χ2n) is 7.01. The Morgan fingerprint density at radius 1 is 0.562 bits per heavy atom. The normalized spacial score (nSPS) is 24.9. The van der Waals surface area contributed by atoms with Gasteiger partial charge in [0.1, 0.15) is 0 Å². The average Bonchev–Trinajstić information content (AvgIpc) is 3.31. The van der Waals surface area contributed by atoms with Gasteiger partial charge in [-0.3, -0.25) is 0 Å². The topological polar surface area (TPSA) is 89.5 Å². The van der Waals surface area contributed by atoms with Gasteiger partial charge in [0, 0.05) is 11.1 Å². The zero-order valence-corrected chi connectivity index (χ0v) is 18.0. The van der Waals surface area contributed by atoms with E-state index in [-0.39, 0.29) is 23.0 Å². The van der Waals surface area contributed by atoms with Crippen LogP contribution in [0.5, 0.6) is 0 Å². The minimum atomic E-state index is -1.81. The number of methoxy groups -OCH3 is 4. The lowest BCUT2D eigenvalue weighted by atomic mass is 9.71. The molecule has 0 spiro atoms. The third kappa shape index (κ3) is 2.62. The lowest BCUT2D eigenvalue weighted by Crippen LogP contribution is -2.53. The van der Waals surface area contributed by atoms with Crippen LogP contribution in [0.3, 0.4) is 0 Å². The van der Waals surface area contributed by atoms with Crippen molar-refractivity contribution in [1.82, 2.24) is 0 Å². The zero-order valence-electron chi connectivity index (χ0n) is 18.0. The molecular weight excluding hydrogens is 416 g/mol. The summed E-state index contributed by atoms with van der Waals surface area (Å²) < 4.78 is 34.2. The van der Waals surface area contributed by atoms with Crippen LogP contribution in [0.2, 0.25) is 0 Å². The molecule has 0 saturated heterocycles. The molecule has 0 fully saturated rings. The highest BCUT2D eigenvalue weighted by Gasteiger charge is 2.73. The Labute approximate surface area is 184 Å². The van der Waals surface area contributed by atoms with E-state index in [0.717, 1.165) is 0 Å². The molecule has 0 aromatic heterocycles. The summed E-state index contributed by atoms with van der Waals surface area (Å²) in [5.41, 5.74) is -2.68. The van der Waals surface area contributed by atoms with Crippen LogP contribution in [-0.4, -0.2) is 40.4 Å². The number of rotatable bonds is 7. The largest absolute Gasteiger partial charge is 0.493 e. The molecule has 0 radical (unpaired) electrons. The smallest absolute Gasteiger partial charge is 0.378 e. The second kappa shape index (κ2) is 7.96. The summed E-state index contributed by atoms with van der Waals surface area (Å²) in [6, 6.07) is 17.7. The molecule has 2 aliphatic heterocycles. The van der Waals surface area contributed by atoms with Gasteiger partial charge in [0.25, 0.3) is 0 Å². The molecule has 0 aliphatic carbocycles. The van der Waals surface area contributed by atoms with Crippen molar-refractivity contribution in [3.05, 3.63) is 94.8 Å². The summed E-state index contributed by atoms with van der Waals surface area (Å²) in [6.07, 6.45) is 0. The third-order valence-electron chi connectivity index (χ3n) is 5.59. The van der Waals surface area contributed by atoms with Gasteiger partial charge in [-0.05, 0) is 0 Å². The van der Waals surface area contributed by atoms with Crippen molar-refractivity contribution in [1.29, 1.82) is 0 Å². The highest BCUT2D eigenvalue weighted by Crippen LogP contribution is 2.61. The van der Waals surface area contributed by atoms with Crippen LogP contribution >= 0.6 is 0 Å². The van der Waals surface area contributed by atoms with Crippen molar-refractivity contribution < 1.29 is 38.0 Å². The first kappa shape index (κ1) is 21.3. The van der Waals surface area contributed by atoms with Gasteiger partial charge in [-0.25, -0.2) is 9.59 Å². The number of carbonyl (C=O) groups excluding carboxylic acids is 2. The minimum absolute atomic E-state index is 0.0276. The van der Waals surface area contributed by atoms with E-state index in [1.54, 1.807) is 48.5 Å². The molecule has 8 heteroatoms. The molecule has 2 heterocycles. The predicted molar refractivity (Wildman–Crippen MR) is 111 cm³/mol. The van der Waals surface area contributed by atoms with Gasteiger partial charge >= 0.3 is 11.9 Å². The molecule has 166 valence electrons. The summed E-state index contributed by atoms with van der Waals surface area (Å²) in [5.74, 6) is -1.80. The van der Waals surface area contributed by atoms with Gasteiger partial charge in [0.2, 0.25) is 22.7 Å². The van der Waals surface area contributed by atoms with Crippen LogP contribution in [0.1, 0.15) is 11.1 Å². The summed E-state index contributed by atoms with van der Waals surface area (Å²) in [6.45, 7) is 0. The van der Waals surface area contributed by atoms with Crippen molar-refractivity contribution >= 4 is 11.9 Å². The quantitative estimate of drug-likeness (QED) is 0.610. The minimum Gasteiger partial charge on any atom is -0.493 e. The van der Waals surface area contributed by atoms with Gasteiger partial charge in [-0.2, -0.15) is 0 Å². The van der Waals surface area contributed by atoms with E-state index >= 15 is 0 Å². The molecule has 4 rings (SSSR count). The molecular formula is C24H22O8. The van der Waals surface area contributed by atoms with Crippen molar-refractivity contribution in [2.75, 3.05) is 28.4 Å². The van der Waals surface area contributed by atoms with Gasteiger partial charge in [0.05, 0.1) is 28.4 Å². The maximum atomic E-state index is 13.0. The highest BCUT2D eigenvalue weighted by atomic mass is 16.7. The van der Waals surface area contributed by atoms with Gasteiger partial charge in [-0.1, -0.05) is 60.7 Å². The van der Waals surface area contributed by atoms with Crippen molar-refractivity contribution in [2.24, 2.45) is 0 Å². The zero-order chi connectivity index (χ0) is 22.9. The maximum absolute atomic E-state index is 13.0. The van der Waals surface area contributed by atoms with Crippen molar-refractivity contribution in [3.63, 3.8) is 0 Å². The second-order valence-corrected chi connectivity index (χ2v) is 7.01. The fraction of sp³-hybridized carbons (Fsp3) is 0.250. The molecule has 2 atom stereocenters. The number of hydrogen-bond donors (Lipinski definition) is 0. The highest BCUT2D eigenvalue weighted by molar-refractivity contribution is 5.94. The number of ether oxygens (including phenoxy) is 6. The van der Waals surface area contributed by atoms with E-state index in [0.29, 0.717) is 11.1 Å². The lowest BCUT2D eigenvalue weighted by molar-refractivity contribution is -0.200. The van der Waals surface area contributed by atoms with E-state index in [9.17, 15) is 9.59 Å². The molecule has 8 nitrogen and oxygen atoms in total. The SMILES string of the molecule is COC1=C(OC)[C@@](c2ccccc2)([C@]2(c3ccccc3)OC(=O)C(OC)=C2OC)OC1=O. The molecule has 32 heavy (non-hydrogen) atoms. The fourth-order valence-electron chi connectivity index (χ4n) is 4.39. The molecule has 0 amide bonds. The summed E-state index contributed by atoms with van der Waals surface area (Å²) in [5, 5.41) is 0. The Kier molecular flexibility index (Phi) is 5.30. The first-order valence-electron chi connectivity index (χ1n) is 9.75. The van der Waals surface area contributed by atoms with Crippen LogP contribution in [0.15, 0.2) is 83.7 Å². The van der Waals surface area contributed by atoms with E-state index in [2.05, 4.69) is 0 Å². The van der Waals surface area contributed by atoms with Gasteiger partial charge < -0.3 is 28.4 Å². The number of hydrogen-bond acceptors (Lipinski definition) is 8. The monoisotopic (exact) mass is 438 g/mol. The van der Waals surface area contributed by atoms with E-state index in [1.165, 1.54) is 28.4 Å². The number of cyclic esters (lactones) is 2. The Morgan fingerprint density at radius 3 is 1.19 bits per heavy atom. The molecule has 2 aliphatic rings. The Bertz CT molecular complexity index is 1020. The van der Waals surface area contributed by atoms with Crippen LogP contribution in [0.4, 0.5) is 0 Å². The van der Waals surface area contributed by atoms with E-state index in [1.807, 2.05) is 12.1 Å². The summed E-state index contributed by atoms with van der Waals surface area (Å²) in [4.78, 5) is 26.0. The predicted octanol–water partition coefficient (Wildman–Crippen LogP) is 2.90. The lowest BCUT2D eigenvalue weighted by Gasteiger charge is -2.44. The molecule has 2 aromatic carbocycles. The molecule has 0 saturated carbocycles. The van der Waals surface area contributed by atoms with Gasteiger partial charge in [-0.15, -0.1) is 0 Å². The molecule has 0 bridgehead atoms. The number of benzene rings is 2. The molecule has 2 aromatic rings. The summed E-state index contributed by atoms with van der Waals surface area (Å²) in [7, 11) is 5.44. The van der Waals surface area contributed by atoms with Crippen LogP contribution in [0, 0.1) is 0 Å².